The van der Waals surface area contributed by atoms with E-state index < -0.39 is 53.3 Å². The minimum Gasteiger partial charge on any atom is -0.391 e. The number of amides is 7. The van der Waals surface area contributed by atoms with E-state index in [1.54, 1.807) is 29.5 Å². The Morgan fingerprint density at radius 2 is 1.37 bits per heavy atom. The highest BCUT2D eigenvalue weighted by molar-refractivity contribution is 7.13. The van der Waals surface area contributed by atoms with Crippen molar-refractivity contribution >= 4 is 58.4 Å². The van der Waals surface area contributed by atoms with Crippen LogP contribution < -0.4 is 21.3 Å². The Labute approximate surface area is 467 Å². The molecule has 434 valence electrons. The summed E-state index contributed by atoms with van der Waals surface area (Å²) in [7, 11) is 0. The van der Waals surface area contributed by atoms with Crippen LogP contribution in [0, 0.1) is 12.3 Å². The second-order valence-electron chi connectivity index (χ2n) is 20.9. The van der Waals surface area contributed by atoms with Crippen LogP contribution in [-0.2, 0) is 58.9 Å². The molecule has 0 aliphatic carbocycles. The van der Waals surface area contributed by atoms with Crippen molar-refractivity contribution in [2.75, 3.05) is 97.7 Å². The Hall–Kier alpha value is -5.72. The van der Waals surface area contributed by atoms with Gasteiger partial charge in [0.25, 0.3) is 11.8 Å². The molecule has 0 bridgehead atoms. The van der Waals surface area contributed by atoms with Crippen LogP contribution in [0.3, 0.4) is 0 Å². The number of nitrogens with one attached hydrogen (secondary N) is 4. The van der Waals surface area contributed by atoms with Crippen LogP contribution in [0.15, 0.2) is 48.0 Å². The molecule has 22 heteroatoms. The van der Waals surface area contributed by atoms with Gasteiger partial charge in [0.1, 0.15) is 18.1 Å². The standard InChI is InChI=1S/C57H81N7O14S/c1-39-50(79-38-60-39)41-18-16-40(17-19-41)36-59-52(68)46-35-42(65)37-63(46)56(72)51(57(2,3)4)61-47(66)15-8-7-11-24-74-26-28-76-30-32-78-34-33-77-31-29-75-27-25-73-23-10-6-5-9-22-58-44-14-12-13-43-49(44)55(71)64(54(43)70)45-20-21-48(67)62-53(45)69/h12-14,16-19,38,42,45-46,51,58,65H,5-11,15,20-37H2,1-4H3,(H,59,68)(H,61,66)(H,62,67,69)/t42-,45?,46+,51-/m1/s1. The fourth-order valence-corrected chi connectivity index (χ4v) is 10.3. The molecule has 79 heavy (non-hydrogen) atoms. The zero-order valence-electron chi connectivity index (χ0n) is 46.3. The van der Waals surface area contributed by atoms with Crippen molar-refractivity contribution in [2.24, 2.45) is 5.41 Å². The molecule has 0 radical (unpaired) electrons. The average molecular weight is 1120 g/mol. The zero-order valence-corrected chi connectivity index (χ0v) is 47.1. The van der Waals surface area contributed by atoms with Gasteiger partial charge in [-0.1, -0.05) is 70.4 Å². The lowest BCUT2D eigenvalue weighted by molar-refractivity contribution is -0.144. The summed E-state index contributed by atoms with van der Waals surface area (Å²) in [6.45, 7) is 14.2. The Balaban J connectivity index is 0.684. The molecule has 21 nitrogen and oxygen atoms in total. The van der Waals surface area contributed by atoms with Crippen LogP contribution in [0.1, 0.15) is 123 Å². The number of aromatic nitrogens is 1. The van der Waals surface area contributed by atoms with Gasteiger partial charge in [-0.05, 0) is 67.7 Å². The lowest BCUT2D eigenvalue weighted by Gasteiger charge is -2.35. The van der Waals surface area contributed by atoms with Gasteiger partial charge in [0.2, 0.25) is 29.5 Å². The van der Waals surface area contributed by atoms with Crippen molar-refractivity contribution in [1.29, 1.82) is 0 Å². The number of piperidine rings is 1. The highest BCUT2D eigenvalue weighted by Crippen LogP contribution is 2.33. The molecule has 2 aromatic carbocycles. The van der Waals surface area contributed by atoms with E-state index in [2.05, 4.69) is 26.3 Å². The van der Waals surface area contributed by atoms with Crippen molar-refractivity contribution in [3.8, 4) is 10.4 Å². The van der Waals surface area contributed by atoms with Gasteiger partial charge in [0.15, 0.2) is 0 Å². The smallest absolute Gasteiger partial charge is 0.264 e. The molecule has 4 heterocycles. The van der Waals surface area contributed by atoms with Gasteiger partial charge in [0.05, 0.1) is 99.4 Å². The Kier molecular flexibility index (Phi) is 25.7. The minimum absolute atomic E-state index is 0.0147. The lowest BCUT2D eigenvalue weighted by atomic mass is 9.85. The first-order chi connectivity index (χ1) is 38.1. The van der Waals surface area contributed by atoms with E-state index in [0.29, 0.717) is 97.9 Å². The zero-order chi connectivity index (χ0) is 56.6. The fourth-order valence-electron chi connectivity index (χ4n) is 9.45. The maximum absolute atomic E-state index is 14.0. The van der Waals surface area contributed by atoms with E-state index in [4.69, 9.17) is 28.4 Å². The predicted octanol–water partition coefficient (Wildman–Crippen LogP) is 4.96. The summed E-state index contributed by atoms with van der Waals surface area (Å²) in [6, 6.07) is 10.2. The van der Waals surface area contributed by atoms with E-state index in [1.807, 2.05) is 57.5 Å². The molecule has 0 saturated carbocycles. The van der Waals surface area contributed by atoms with Crippen LogP contribution in [-0.4, -0.2) is 178 Å². The second-order valence-corrected chi connectivity index (χ2v) is 21.8. The number of β-amino-alcohol motifs (C(OH)–C–C–N with tert-alkyl or cyclic N) is 1. The first-order valence-electron chi connectivity index (χ1n) is 27.7. The number of rotatable bonds is 36. The quantitative estimate of drug-likeness (QED) is 0.0381. The normalized spacial score (nSPS) is 17.8. The van der Waals surface area contributed by atoms with Crippen molar-refractivity contribution in [1.82, 2.24) is 30.7 Å². The number of carbonyl (C=O) groups is 7. The number of hydrogen-bond acceptors (Lipinski definition) is 17. The number of benzene rings is 2. The number of imide groups is 2. The Bertz CT molecular complexity index is 2470. The molecule has 0 spiro atoms. The number of aryl methyl sites for hydroxylation is 1. The topological polar surface area (TPSA) is 263 Å². The van der Waals surface area contributed by atoms with Gasteiger partial charge >= 0.3 is 0 Å². The highest BCUT2D eigenvalue weighted by atomic mass is 32.1. The number of ether oxygens (including phenoxy) is 6. The maximum Gasteiger partial charge on any atom is 0.264 e. The van der Waals surface area contributed by atoms with Gasteiger partial charge in [0, 0.05) is 57.8 Å². The Morgan fingerprint density at radius 3 is 1.95 bits per heavy atom. The van der Waals surface area contributed by atoms with Crippen molar-refractivity contribution in [3.05, 3.63) is 70.4 Å². The molecule has 6 rings (SSSR count). The highest BCUT2D eigenvalue weighted by Gasteiger charge is 2.46. The average Bonchev–Trinajstić information content (AvgIpc) is 4.22. The van der Waals surface area contributed by atoms with Gasteiger partial charge in [-0.15, -0.1) is 11.3 Å². The molecule has 4 atom stereocenters. The third-order valence-electron chi connectivity index (χ3n) is 13.8. The molecule has 2 fully saturated rings. The summed E-state index contributed by atoms with van der Waals surface area (Å²) >= 11 is 1.58. The largest absolute Gasteiger partial charge is 0.391 e. The molecule has 1 aromatic heterocycles. The fraction of sp³-hybridized carbons (Fsp3) is 0.614. The summed E-state index contributed by atoms with van der Waals surface area (Å²) in [5.74, 6) is -3.06. The molecule has 1 unspecified atom stereocenters. The summed E-state index contributed by atoms with van der Waals surface area (Å²) < 4.78 is 33.7. The molecule has 3 aromatic rings. The second kappa shape index (κ2) is 32.5. The number of aliphatic hydroxyl groups is 1. The molecule has 2 saturated heterocycles. The number of anilines is 1. The van der Waals surface area contributed by atoms with E-state index >= 15 is 0 Å². The molecular weight excluding hydrogens is 1040 g/mol. The van der Waals surface area contributed by atoms with Crippen LogP contribution in [0.5, 0.6) is 0 Å². The number of unbranched alkanes of at least 4 members (excludes halogenated alkanes) is 5. The van der Waals surface area contributed by atoms with Gasteiger partial charge < -0.3 is 54.4 Å². The van der Waals surface area contributed by atoms with E-state index in [9.17, 15) is 38.7 Å². The number of likely N-dealkylation sites (tertiary alicyclic amines) is 1. The van der Waals surface area contributed by atoms with Crippen molar-refractivity contribution in [3.63, 3.8) is 0 Å². The van der Waals surface area contributed by atoms with E-state index in [1.165, 1.54) is 4.90 Å². The number of aliphatic hydroxyl groups excluding tert-OH is 1. The summed E-state index contributed by atoms with van der Waals surface area (Å²) in [5, 5.41) is 21.9. The van der Waals surface area contributed by atoms with Crippen LogP contribution in [0.25, 0.3) is 10.4 Å². The first-order valence-corrected chi connectivity index (χ1v) is 28.6. The van der Waals surface area contributed by atoms with Gasteiger partial charge in [-0.3, -0.25) is 43.8 Å². The monoisotopic (exact) mass is 1120 g/mol. The summed E-state index contributed by atoms with van der Waals surface area (Å²) in [4.78, 5) is 98.5. The van der Waals surface area contributed by atoms with Crippen LogP contribution >= 0.6 is 11.3 Å². The number of nitrogens with zero attached hydrogens (tertiary/aromatic N) is 3. The molecular formula is C57H81N7O14S. The molecule has 3 aliphatic rings. The van der Waals surface area contributed by atoms with E-state index in [-0.39, 0.29) is 67.6 Å². The van der Waals surface area contributed by atoms with Crippen molar-refractivity contribution < 1.29 is 67.1 Å². The maximum atomic E-state index is 14.0. The summed E-state index contributed by atoms with van der Waals surface area (Å²) in [5.41, 5.74) is 5.18. The van der Waals surface area contributed by atoms with E-state index in [0.717, 1.165) is 65.1 Å². The lowest BCUT2D eigenvalue weighted by Crippen LogP contribution is -2.57. The SMILES string of the molecule is Cc1ncsc1-c1ccc(CNC(=O)[C@@H]2C[C@@H](O)CN2C(=O)[C@@H](NC(=O)CCCCCOCCOCCOCCOCCOCCOCCCCCCNc2cccc3c2C(=O)N(C2CCC(=O)NC2=O)C3=O)C(C)(C)C)cc1. The van der Waals surface area contributed by atoms with Crippen molar-refractivity contribution in [2.45, 2.75) is 129 Å². The molecule has 3 aliphatic heterocycles. The number of fused-ring (bicyclic) bond motifs is 1. The number of carbonyl (C=O) groups excluding carboxylic acids is 7. The van der Waals surface area contributed by atoms with Crippen LogP contribution in [0.4, 0.5) is 5.69 Å². The summed E-state index contributed by atoms with van der Waals surface area (Å²) in [6.07, 6.45) is 5.57. The Morgan fingerprint density at radius 1 is 0.772 bits per heavy atom. The third-order valence-corrected chi connectivity index (χ3v) is 14.7. The van der Waals surface area contributed by atoms with Gasteiger partial charge in [-0.25, -0.2) is 4.98 Å². The predicted molar refractivity (Wildman–Crippen MR) is 295 cm³/mol. The number of thiazole rings is 1. The molecule has 5 N–H and O–H groups in total. The van der Waals surface area contributed by atoms with Gasteiger partial charge in [-0.2, -0.15) is 0 Å². The molecule has 7 amide bonds. The number of hydrogen-bond donors (Lipinski definition) is 5. The third kappa shape index (κ3) is 19.5. The minimum atomic E-state index is -0.995. The van der Waals surface area contributed by atoms with Crippen LogP contribution in [0.2, 0.25) is 0 Å². The first kappa shape index (κ1) is 62.5.